The van der Waals surface area contributed by atoms with Crippen LogP contribution in [-0.4, -0.2) is 126 Å². The molecule has 5 heterocycles. The summed E-state index contributed by atoms with van der Waals surface area (Å²) in [5, 5.41) is 27.2. The first kappa shape index (κ1) is 44.3. The van der Waals surface area contributed by atoms with Crippen molar-refractivity contribution in [2.75, 3.05) is 92.9 Å². The number of allylic oxidation sites excluding steroid dienone is 11. The van der Waals surface area contributed by atoms with Gasteiger partial charge in [-0.1, -0.05) is 13.8 Å². The van der Waals surface area contributed by atoms with Gasteiger partial charge in [-0.15, -0.1) is 0 Å². The third-order valence-corrected chi connectivity index (χ3v) is 11.4. The molecule has 1 aliphatic carbocycles. The highest BCUT2D eigenvalue weighted by atomic mass is 16.6. The number of hydrogen-bond acceptors (Lipinski definition) is 14. The number of nitrogens with zero attached hydrogens (tertiary/aromatic N) is 3. The molecule has 8 bridgehead atoms. The van der Waals surface area contributed by atoms with Crippen molar-refractivity contribution in [2.24, 2.45) is 26.8 Å². The average Bonchev–Trinajstić information content (AvgIpc) is 3.98. The van der Waals surface area contributed by atoms with Crippen LogP contribution in [-0.2, 0) is 33.2 Å². The van der Waals surface area contributed by atoms with Crippen LogP contribution in [0.15, 0.2) is 106 Å². The van der Waals surface area contributed by atoms with E-state index in [1.807, 2.05) is 14.0 Å². The van der Waals surface area contributed by atoms with Gasteiger partial charge in [0.25, 0.3) is 0 Å². The topological polar surface area (TPSA) is 174 Å². The molecule has 4 N–H and O–H groups in total. The highest BCUT2D eigenvalue weighted by Gasteiger charge is 2.41. The van der Waals surface area contributed by atoms with Gasteiger partial charge in [-0.3, -0.25) is 4.79 Å². The molecular formula is C45H61N5O9. The molecule has 0 radical (unpaired) electrons. The fraction of sp³-hybridized carbons (Fsp3) is 0.556. The van der Waals surface area contributed by atoms with Crippen LogP contribution < -0.4 is 10.6 Å². The Hall–Kier alpha value is -4.28. The monoisotopic (exact) mass is 815 g/mol. The van der Waals surface area contributed by atoms with Gasteiger partial charge in [0, 0.05) is 53.8 Å². The molecule has 59 heavy (non-hydrogen) atoms. The van der Waals surface area contributed by atoms with Gasteiger partial charge < -0.3 is 49.3 Å². The molecule has 0 amide bonds. The van der Waals surface area contributed by atoms with Crippen molar-refractivity contribution in [3.8, 4) is 0 Å². The minimum atomic E-state index is -0.287. The van der Waals surface area contributed by atoms with Crippen LogP contribution in [0.2, 0.25) is 0 Å². The largest absolute Gasteiger partial charge is 0.511 e. The number of esters is 1. The van der Waals surface area contributed by atoms with E-state index < -0.39 is 0 Å². The summed E-state index contributed by atoms with van der Waals surface area (Å²) < 4.78 is 32.7. The summed E-state index contributed by atoms with van der Waals surface area (Å²) in [6, 6.07) is 0. The first-order chi connectivity index (χ1) is 28.7. The Labute approximate surface area is 347 Å². The minimum absolute atomic E-state index is 0.00564. The van der Waals surface area contributed by atoms with Gasteiger partial charge in [0.15, 0.2) is 0 Å². The number of carbonyl (C=O) groups excluding carboxylic acids is 1. The molecule has 0 saturated carbocycles. The summed E-state index contributed by atoms with van der Waals surface area (Å²) in [6.45, 7) is 15.5. The summed E-state index contributed by atoms with van der Waals surface area (Å²) in [5.74, 6) is 0.00716. The lowest BCUT2D eigenvalue weighted by Gasteiger charge is -2.17. The molecule has 14 nitrogen and oxygen atoms in total. The smallest absolute Gasteiger partial charge is 0.305 e. The number of fused-ring (bicyclic) bond motifs is 5. The zero-order chi connectivity index (χ0) is 41.9. The number of nitrogens with one attached hydrogen (secondary N) is 2. The summed E-state index contributed by atoms with van der Waals surface area (Å²) in [4.78, 5) is 28.5. The van der Waals surface area contributed by atoms with E-state index in [0.717, 1.165) is 85.5 Å². The van der Waals surface area contributed by atoms with Gasteiger partial charge in [0.05, 0.1) is 107 Å². The molecular weight excluding hydrogens is 755 g/mol. The Morgan fingerprint density at radius 2 is 1.37 bits per heavy atom. The fourth-order valence-electron chi connectivity index (χ4n) is 8.16. The molecule has 0 aromatic carbocycles. The highest BCUT2D eigenvalue weighted by molar-refractivity contribution is 6.21. The lowest BCUT2D eigenvalue weighted by Crippen LogP contribution is -2.17. The molecule has 14 heteroatoms. The predicted molar refractivity (Wildman–Crippen MR) is 227 cm³/mol. The Kier molecular flexibility index (Phi) is 16.0. The summed E-state index contributed by atoms with van der Waals surface area (Å²) in [7, 11) is 1.95. The molecule has 6 rings (SSSR count). The number of aliphatic hydroxyl groups is 2. The van der Waals surface area contributed by atoms with E-state index in [1.54, 1.807) is 0 Å². The third kappa shape index (κ3) is 10.5. The first-order valence-corrected chi connectivity index (χ1v) is 20.9. The standard InChI is InChI=1S/C45H61N5O9/c1-7-31-27(2)36-24-40-34(26-46-6)29(4)35(48-40)23-37-28(3)32(44(49-37)33-22-41(52)43-30(5)38(50-45(33)43)25-39(31)47-36)8-9-42(53)59-21-20-58-19-18-57-17-16-56-15-14-55-13-12-54-11-10-51/h23-25,28,32,46,49,51-52H,7-22,26H2,1-6H3/t28-,32-/m0/s1. The Balaban J connectivity index is 1.08. The lowest BCUT2D eigenvalue weighted by molar-refractivity contribution is -0.145. The molecule has 0 spiro atoms. The second-order valence-electron chi connectivity index (χ2n) is 15.2. The van der Waals surface area contributed by atoms with Crippen LogP contribution in [0.4, 0.5) is 0 Å². The molecule has 2 atom stereocenters. The SMILES string of the molecule is CCC1=C(C)C2=NC1=CC1=C(C)C3=C(O)CC(=C4NC(=CC5=NC(=C2)C(CNC)=C5C)[C@@H](C)[C@@H]4CCC(=O)OCCOCCOCCOCCOCCOCCO)C3=N1. The Morgan fingerprint density at radius 1 is 0.797 bits per heavy atom. The van der Waals surface area contributed by atoms with Crippen LogP contribution in [0.1, 0.15) is 60.3 Å². The van der Waals surface area contributed by atoms with E-state index >= 15 is 0 Å². The van der Waals surface area contributed by atoms with Crippen molar-refractivity contribution >= 4 is 23.1 Å². The van der Waals surface area contributed by atoms with Gasteiger partial charge in [-0.25, -0.2) is 15.0 Å². The van der Waals surface area contributed by atoms with Crippen LogP contribution in [0, 0.1) is 11.8 Å². The first-order valence-electron chi connectivity index (χ1n) is 20.9. The maximum Gasteiger partial charge on any atom is 0.305 e. The summed E-state index contributed by atoms with van der Waals surface area (Å²) in [6.07, 6.45) is 8.27. The second kappa shape index (κ2) is 21.3. The van der Waals surface area contributed by atoms with Crippen molar-refractivity contribution in [1.82, 2.24) is 10.6 Å². The maximum absolute atomic E-state index is 13.1. The van der Waals surface area contributed by atoms with Crippen molar-refractivity contribution in [1.29, 1.82) is 0 Å². The van der Waals surface area contributed by atoms with E-state index in [9.17, 15) is 9.90 Å². The molecule has 6 aliphatic rings. The van der Waals surface area contributed by atoms with Crippen LogP contribution in [0.3, 0.4) is 0 Å². The van der Waals surface area contributed by atoms with Gasteiger partial charge in [-0.2, -0.15) is 0 Å². The van der Waals surface area contributed by atoms with Gasteiger partial charge in [0.1, 0.15) is 12.4 Å². The highest BCUT2D eigenvalue weighted by Crippen LogP contribution is 2.46. The third-order valence-electron chi connectivity index (χ3n) is 11.4. The Bertz CT molecular complexity index is 1980. The zero-order valence-electron chi connectivity index (χ0n) is 35.5. The Morgan fingerprint density at radius 3 is 1.98 bits per heavy atom. The zero-order valence-corrected chi connectivity index (χ0v) is 35.5. The van der Waals surface area contributed by atoms with Crippen LogP contribution in [0.25, 0.3) is 0 Å². The molecule has 320 valence electrons. The molecule has 1 fully saturated rings. The fourth-order valence-corrected chi connectivity index (χ4v) is 8.16. The second-order valence-corrected chi connectivity index (χ2v) is 15.2. The van der Waals surface area contributed by atoms with Crippen molar-refractivity contribution in [2.45, 2.75) is 60.3 Å². The van der Waals surface area contributed by atoms with Gasteiger partial charge in [0.2, 0.25) is 0 Å². The normalized spacial score (nSPS) is 21.1. The maximum atomic E-state index is 13.1. The van der Waals surface area contributed by atoms with E-state index in [4.69, 9.17) is 48.5 Å². The molecule has 0 aromatic heterocycles. The summed E-state index contributed by atoms with van der Waals surface area (Å²) >= 11 is 0. The number of aliphatic imine (C=N–C) groups is 3. The average molecular weight is 816 g/mol. The van der Waals surface area contributed by atoms with E-state index in [0.29, 0.717) is 84.6 Å². The van der Waals surface area contributed by atoms with Crippen LogP contribution in [0.5, 0.6) is 0 Å². The van der Waals surface area contributed by atoms with E-state index in [1.165, 1.54) is 5.57 Å². The lowest BCUT2D eigenvalue weighted by atomic mass is 9.86. The number of rotatable bonds is 23. The van der Waals surface area contributed by atoms with Crippen molar-refractivity contribution in [3.05, 3.63) is 91.5 Å². The number of hydrogen-bond donors (Lipinski definition) is 4. The molecule has 0 aromatic rings. The summed E-state index contributed by atoms with van der Waals surface area (Å²) in [5.41, 5.74) is 14.4. The van der Waals surface area contributed by atoms with Gasteiger partial charge in [-0.05, 0) is 86.8 Å². The number of ether oxygens (including phenoxy) is 6. The number of carbonyl (C=O) groups is 1. The van der Waals surface area contributed by atoms with Crippen molar-refractivity contribution < 1.29 is 43.4 Å². The number of likely N-dealkylation sites (N-methyl/N-ethyl adjacent to an activating group) is 1. The van der Waals surface area contributed by atoms with Gasteiger partial charge >= 0.3 is 5.97 Å². The number of aliphatic hydroxyl groups excluding tert-OH is 2. The predicted octanol–water partition coefficient (Wildman–Crippen LogP) is 5.28. The molecule has 0 unspecified atom stereocenters. The molecule has 5 aliphatic heterocycles. The van der Waals surface area contributed by atoms with E-state index in [-0.39, 0.29) is 44.0 Å². The quantitative estimate of drug-likeness (QED) is 0.0782. The van der Waals surface area contributed by atoms with E-state index in [2.05, 4.69) is 56.6 Å². The van der Waals surface area contributed by atoms with Crippen molar-refractivity contribution in [3.63, 3.8) is 0 Å². The van der Waals surface area contributed by atoms with Crippen LogP contribution >= 0.6 is 0 Å². The molecule has 1 saturated heterocycles. The minimum Gasteiger partial charge on any atom is -0.511 e.